The topological polar surface area (TPSA) is 63.6 Å². The lowest BCUT2D eigenvalue weighted by molar-refractivity contribution is 0.374. The Kier molecular flexibility index (Phi) is 3.70. The summed E-state index contributed by atoms with van der Waals surface area (Å²) in [5.74, 6) is 1.81. The van der Waals surface area contributed by atoms with Gasteiger partial charge in [0.15, 0.2) is 11.5 Å². The predicted molar refractivity (Wildman–Crippen MR) is 86.0 cm³/mol. The second kappa shape index (κ2) is 5.81. The number of nitrogens with zero attached hydrogens (tertiary/aromatic N) is 1. The van der Waals surface area contributed by atoms with Crippen LogP contribution in [0.25, 0.3) is 10.9 Å². The first-order valence-electron chi connectivity index (χ1n) is 6.82. The summed E-state index contributed by atoms with van der Waals surface area (Å²) in [6.45, 7) is 0. The van der Waals surface area contributed by atoms with Gasteiger partial charge in [-0.2, -0.15) is 0 Å². The third-order valence-corrected chi connectivity index (χ3v) is 3.37. The largest absolute Gasteiger partial charge is 0.504 e. The Morgan fingerprint density at radius 2 is 1.82 bits per heavy atom. The normalized spacial score (nSPS) is 10.5. The lowest BCUT2D eigenvalue weighted by Crippen LogP contribution is -1.91. The van der Waals surface area contributed by atoms with Crippen molar-refractivity contribution in [1.29, 1.82) is 0 Å². The van der Waals surface area contributed by atoms with Crippen LogP contribution in [0, 0.1) is 0 Å². The van der Waals surface area contributed by atoms with E-state index in [9.17, 15) is 5.11 Å². The molecule has 0 aliphatic heterocycles. The van der Waals surface area contributed by atoms with Gasteiger partial charge in [0.05, 0.1) is 12.6 Å². The van der Waals surface area contributed by atoms with Crippen LogP contribution in [0.2, 0.25) is 0 Å². The molecule has 1 aromatic heterocycles. The van der Waals surface area contributed by atoms with E-state index in [0.717, 1.165) is 16.8 Å². The molecule has 0 unspecified atom stereocenters. The number of anilines is 1. The summed E-state index contributed by atoms with van der Waals surface area (Å²) in [6, 6.07) is 12.7. The van der Waals surface area contributed by atoms with E-state index in [2.05, 4.69) is 10.3 Å². The Hall–Kier alpha value is -2.95. The second-order valence-corrected chi connectivity index (χ2v) is 4.73. The lowest BCUT2D eigenvalue weighted by atomic mass is 10.2. The van der Waals surface area contributed by atoms with Gasteiger partial charge in [0.25, 0.3) is 0 Å². The van der Waals surface area contributed by atoms with Gasteiger partial charge in [0.2, 0.25) is 0 Å². The molecule has 0 atom stereocenters. The number of methoxy groups -OCH3 is 1. The molecule has 0 spiro atoms. The molecule has 112 valence electrons. The zero-order valence-electron chi connectivity index (χ0n) is 12.3. The van der Waals surface area contributed by atoms with Crippen molar-refractivity contribution in [2.45, 2.75) is 0 Å². The van der Waals surface area contributed by atoms with E-state index in [1.54, 1.807) is 24.4 Å². The van der Waals surface area contributed by atoms with E-state index in [1.807, 2.05) is 31.3 Å². The maximum absolute atomic E-state index is 9.83. The van der Waals surface area contributed by atoms with E-state index in [4.69, 9.17) is 9.47 Å². The molecule has 0 saturated heterocycles. The highest BCUT2D eigenvalue weighted by molar-refractivity contribution is 5.88. The molecule has 0 amide bonds. The number of aromatic hydroxyl groups is 1. The Balaban J connectivity index is 2.02. The summed E-state index contributed by atoms with van der Waals surface area (Å²) in [7, 11) is 3.37. The zero-order valence-corrected chi connectivity index (χ0v) is 12.3. The standard InChI is InChI=1S/C17H16N2O3/c1-18-11-3-5-12(6-4-11)22-16-7-8-19-14-10-15(20)17(21-2)9-13(14)16/h3-10,18,20H,1-2H3. The Morgan fingerprint density at radius 1 is 1.05 bits per heavy atom. The van der Waals surface area contributed by atoms with Crippen LogP contribution in [-0.2, 0) is 0 Å². The van der Waals surface area contributed by atoms with Crippen molar-refractivity contribution in [3.8, 4) is 23.0 Å². The van der Waals surface area contributed by atoms with Crippen LogP contribution in [0.4, 0.5) is 5.69 Å². The zero-order chi connectivity index (χ0) is 15.5. The first kappa shape index (κ1) is 14.0. The third kappa shape index (κ3) is 2.61. The quantitative estimate of drug-likeness (QED) is 0.767. The first-order valence-corrected chi connectivity index (χ1v) is 6.82. The molecule has 3 aromatic rings. The molecule has 2 N–H and O–H groups in total. The van der Waals surface area contributed by atoms with Crippen molar-refractivity contribution in [2.75, 3.05) is 19.5 Å². The number of pyridine rings is 1. The van der Waals surface area contributed by atoms with Gasteiger partial charge < -0.3 is 19.9 Å². The number of nitrogens with one attached hydrogen (secondary N) is 1. The van der Waals surface area contributed by atoms with E-state index >= 15 is 0 Å². The molecule has 0 radical (unpaired) electrons. The third-order valence-electron chi connectivity index (χ3n) is 3.37. The summed E-state index contributed by atoms with van der Waals surface area (Å²) in [5.41, 5.74) is 1.65. The van der Waals surface area contributed by atoms with Crippen molar-refractivity contribution in [3.05, 3.63) is 48.7 Å². The molecule has 22 heavy (non-hydrogen) atoms. The average molecular weight is 296 g/mol. The number of phenols is 1. The number of ether oxygens (including phenoxy) is 2. The number of aromatic nitrogens is 1. The fourth-order valence-corrected chi connectivity index (χ4v) is 2.21. The molecule has 5 nitrogen and oxygen atoms in total. The molecule has 1 heterocycles. The van der Waals surface area contributed by atoms with Crippen LogP contribution in [0.1, 0.15) is 0 Å². The van der Waals surface area contributed by atoms with E-state index < -0.39 is 0 Å². The number of phenolic OH excluding ortho intramolecular Hbond substituents is 1. The molecule has 5 heteroatoms. The van der Waals surface area contributed by atoms with Crippen molar-refractivity contribution in [1.82, 2.24) is 4.98 Å². The lowest BCUT2D eigenvalue weighted by Gasteiger charge is -2.11. The van der Waals surface area contributed by atoms with Crippen molar-refractivity contribution in [3.63, 3.8) is 0 Å². The van der Waals surface area contributed by atoms with E-state index in [-0.39, 0.29) is 5.75 Å². The maximum atomic E-state index is 9.83. The monoisotopic (exact) mass is 296 g/mol. The minimum Gasteiger partial charge on any atom is -0.504 e. The van der Waals surface area contributed by atoms with E-state index in [1.165, 1.54) is 7.11 Å². The summed E-state index contributed by atoms with van der Waals surface area (Å²) in [5, 5.41) is 13.7. The fourth-order valence-electron chi connectivity index (χ4n) is 2.21. The Morgan fingerprint density at radius 3 is 2.50 bits per heavy atom. The summed E-state index contributed by atoms with van der Waals surface area (Å²) < 4.78 is 11.1. The van der Waals surface area contributed by atoms with Gasteiger partial charge in [-0.25, -0.2) is 0 Å². The van der Waals surface area contributed by atoms with Crippen LogP contribution in [0.5, 0.6) is 23.0 Å². The molecular formula is C17H16N2O3. The highest BCUT2D eigenvalue weighted by Gasteiger charge is 2.10. The van der Waals surface area contributed by atoms with Gasteiger partial charge in [-0.3, -0.25) is 4.98 Å². The SMILES string of the molecule is CNc1ccc(Oc2ccnc3cc(O)c(OC)cc23)cc1. The molecular weight excluding hydrogens is 280 g/mol. The van der Waals surface area contributed by atoms with Gasteiger partial charge >= 0.3 is 0 Å². The Labute approximate surface area is 128 Å². The van der Waals surface area contributed by atoms with Crippen LogP contribution in [0.3, 0.4) is 0 Å². The van der Waals surface area contributed by atoms with Crippen molar-refractivity contribution >= 4 is 16.6 Å². The highest BCUT2D eigenvalue weighted by Crippen LogP contribution is 2.36. The van der Waals surface area contributed by atoms with Crippen LogP contribution in [0.15, 0.2) is 48.7 Å². The number of fused-ring (bicyclic) bond motifs is 1. The maximum Gasteiger partial charge on any atom is 0.161 e. The van der Waals surface area contributed by atoms with Crippen LogP contribution >= 0.6 is 0 Å². The summed E-state index contributed by atoms with van der Waals surface area (Å²) in [4.78, 5) is 4.24. The van der Waals surface area contributed by atoms with E-state index in [0.29, 0.717) is 17.0 Å². The molecule has 0 aliphatic rings. The van der Waals surface area contributed by atoms with Crippen LogP contribution < -0.4 is 14.8 Å². The number of hydrogen-bond acceptors (Lipinski definition) is 5. The predicted octanol–water partition coefficient (Wildman–Crippen LogP) is 3.78. The van der Waals surface area contributed by atoms with Crippen LogP contribution in [-0.4, -0.2) is 24.2 Å². The molecule has 2 aromatic carbocycles. The van der Waals surface area contributed by atoms with Gasteiger partial charge in [-0.1, -0.05) is 0 Å². The number of rotatable bonds is 4. The minimum absolute atomic E-state index is 0.0537. The van der Waals surface area contributed by atoms with Crippen molar-refractivity contribution in [2.24, 2.45) is 0 Å². The smallest absolute Gasteiger partial charge is 0.161 e. The first-order chi connectivity index (χ1) is 10.7. The average Bonchev–Trinajstić information content (AvgIpc) is 2.55. The number of hydrogen-bond donors (Lipinski definition) is 2. The highest BCUT2D eigenvalue weighted by atomic mass is 16.5. The molecule has 3 rings (SSSR count). The van der Waals surface area contributed by atoms with Crippen molar-refractivity contribution < 1.29 is 14.6 Å². The van der Waals surface area contributed by atoms with Gasteiger partial charge in [-0.15, -0.1) is 0 Å². The fraction of sp³-hybridized carbons (Fsp3) is 0.118. The summed E-state index contributed by atoms with van der Waals surface area (Å²) in [6.07, 6.45) is 1.64. The molecule has 0 fully saturated rings. The van der Waals surface area contributed by atoms with Gasteiger partial charge in [0.1, 0.15) is 11.5 Å². The second-order valence-electron chi connectivity index (χ2n) is 4.73. The molecule has 0 aliphatic carbocycles. The number of benzene rings is 2. The van der Waals surface area contributed by atoms with Gasteiger partial charge in [-0.05, 0) is 36.4 Å². The Bertz CT molecular complexity index is 801. The minimum atomic E-state index is 0.0537. The summed E-state index contributed by atoms with van der Waals surface area (Å²) >= 11 is 0. The molecule has 0 saturated carbocycles. The van der Waals surface area contributed by atoms with Gasteiger partial charge in [0, 0.05) is 30.4 Å². The molecule has 0 bridgehead atoms.